The second kappa shape index (κ2) is 6.41. The lowest BCUT2D eigenvalue weighted by Gasteiger charge is -2.13. The number of rotatable bonds is 5. The molecule has 1 fully saturated rings. The van der Waals surface area contributed by atoms with Crippen molar-refractivity contribution >= 4 is 11.9 Å². The number of carbonyl (C=O) groups excluding carboxylic acids is 1. The molecule has 2 rings (SSSR count). The van der Waals surface area contributed by atoms with Gasteiger partial charge in [-0.05, 0) is 31.9 Å². The van der Waals surface area contributed by atoms with E-state index >= 15 is 0 Å². The summed E-state index contributed by atoms with van der Waals surface area (Å²) in [5.74, 6) is -1.03. The molecule has 0 aromatic heterocycles. The van der Waals surface area contributed by atoms with Gasteiger partial charge < -0.3 is 15.2 Å². The smallest absolute Gasteiger partial charge is 0.339 e. The fraction of sp³-hybridized carbons (Fsp3) is 0.467. The van der Waals surface area contributed by atoms with Gasteiger partial charge in [-0.25, -0.2) is 4.79 Å². The molecule has 1 aromatic rings. The number of carboxylic acid groups (broad SMARTS) is 1. The maximum Gasteiger partial charge on any atom is 0.339 e. The minimum absolute atomic E-state index is 0.0821. The van der Waals surface area contributed by atoms with Crippen molar-refractivity contribution in [2.75, 3.05) is 6.61 Å². The normalized spacial score (nSPS) is 15.1. The summed E-state index contributed by atoms with van der Waals surface area (Å²) in [5.41, 5.74) is 0.920. The highest BCUT2D eigenvalue weighted by Gasteiger charge is 2.18. The summed E-state index contributed by atoms with van der Waals surface area (Å²) in [4.78, 5) is 22.9. The van der Waals surface area contributed by atoms with Crippen LogP contribution in [-0.2, 0) is 4.79 Å². The van der Waals surface area contributed by atoms with Crippen LogP contribution in [0.2, 0.25) is 0 Å². The number of carbonyl (C=O) groups is 2. The van der Waals surface area contributed by atoms with Crippen LogP contribution in [0, 0.1) is 6.92 Å². The fourth-order valence-corrected chi connectivity index (χ4v) is 2.42. The standard InChI is InChI=1S/C15H19NO4/c1-10-6-7-13(12(8-10)15(18)19)20-9-14(17)16-11-4-2-3-5-11/h6-8,11H,2-5,9H2,1H3,(H,16,17)(H,18,19). The molecule has 0 aliphatic heterocycles. The van der Waals surface area contributed by atoms with Crippen molar-refractivity contribution in [1.29, 1.82) is 0 Å². The topological polar surface area (TPSA) is 75.6 Å². The van der Waals surface area contributed by atoms with Crippen LogP contribution in [0.15, 0.2) is 18.2 Å². The van der Waals surface area contributed by atoms with E-state index in [1.54, 1.807) is 12.1 Å². The maximum atomic E-state index is 11.7. The van der Waals surface area contributed by atoms with E-state index in [0.29, 0.717) is 0 Å². The molecule has 2 N–H and O–H groups in total. The quantitative estimate of drug-likeness (QED) is 0.864. The molecule has 0 radical (unpaired) electrons. The molecular weight excluding hydrogens is 258 g/mol. The number of aromatic carboxylic acids is 1. The predicted molar refractivity (Wildman–Crippen MR) is 74.0 cm³/mol. The third-order valence-corrected chi connectivity index (χ3v) is 3.44. The van der Waals surface area contributed by atoms with Crippen LogP contribution in [0.1, 0.15) is 41.6 Å². The first-order chi connectivity index (χ1) is 9.56. The highest BCUT2D eigenvalue weighted by Crippen LogP contribution is 2.20. The van der Waals surface area contributed by atoms with Crippen molar-refractivity contribution in [3.05, 3.63) is 29.3 Å². The van der Waals surface area contributed by atoms with Crippen LogP contribution in [0.25, 0.3) is 0 Å². The van der Waals surface area contributed by atoms with Gasteiger partial charge in [-0.15, -0.1) is 0 Å². The van der Waals surface area contributed by atoms with E-state index in [4.69, 9.17) is 9.84 Å². The number of aryl methyl sites for hydroxylation is 1. The minimum atomic E-state index is -1.06. The predicted octanol–water partition coefficient (Wildman–Crippen LogP) is 2.13. The SMILES string of the molecule is Cc1ccc(OCC(=O)NC2CCCC2)c(C(=O)O)c1. The molecule has 0 atom stereocenters. The lowest BCUT2D eigenvalue weighted by molar-refractivity contribution is -0.123. The van der Waals surface area contributed by atoms with Gasteiger partial charge in [0.05, 0.1) is 0 Å². The number of carboxylic acids is 1. The van der Waals surface area contributed by atoms with E-state index in [1.807, 2.05) is 6.92 Å². The van der Waals surface area contributed by atoms with Crippen molar-refractivity contribution < 1.29 is 19.4 Å². The summed E-state index contributed by atoms with van der Waals surface area (Å²) in [5, 5.41) is 12.0. The fourth-order valence-electron chi connectivity index (χ4n) is 2.42. The number of nitrogens with one attached hydrogen (secondary N) is 1. The van der Waals surface area contributed by atoms with E-state index in [1.165, 1.54) is 6.07 Å². The molecule has 5 heteroatoms. The average Bonchev–Trinajstić information content (AvgIpc) is 2.90. The van der Waals surface area contributed by atoms with Crippen LogP contribution < -0.4 is 10.1 Å². The lowest BCUT2D eigenvalue weighted by Crippen LogP contribution is -2.36. The monoisotopic (exact) mass is 277 g/mol. The van der Waals surface area contributed by atoms with Crippen molar-refractivity contribution in [1.82, 2.24) is 5.32 Å². The molecule has 5 nitrogen and oxygen atoms in total. The van der Waals surface area contributed by atoms with Crippen LogP contribution in [-0.4, -0.2) is 29.6 Å². The Balaban J connectivity index is 1.93. The van der Waals surface area contributed by atoms with E-state index in [0.717, 1.165) is 31.2 Å². The van der Waals surface area contributed by atoms with Gasteiger partial charge >= 0.3 is 5.97 Å². The van der Waals surface area contributed by atoms with Crippen LogP contribution in [0.5, 0.6) is 5.75 Å². The Bertz CT molecular complexity index is 507. The van der Waals surface area contributed by atoms with E-state index in [-0.39, 0.29) is 29.9 Å². The average molecular weight is 277 g/mol. The molecule has 1 aliphatic carbocycles. The Morgan fingerprint density at radius 2 is 2.05 bits per heavy atom. The Labute approximate surface area is 117 Å². The van der Waals surface area contributed by atoms with Crippen LogP contribution >= 0.6 is 0 Å². The van der Waals surface area contributed by atoms with Gasteiger partial charge in [0.2, 0.25) is 0 Å². The third kappa shape index (κ3) is 3.73. The zero-order valence-electron chi connectivity index (χ0n) is 11.5. The second-order valence-corrected chi connectivity index (χ2v) is 5.14. The highest BCUT2D eigenvalue weighted by atomic mass is 16.5. The molecule has 1 saturated carbocycles. The van der Waals surface area contributed by atoms with Gasteiger partial charge in [-0.3, -0.25) is 4.79 Å². The molecule has 0 spiro atoms. The zero-order chi connectivity index (χ0) is 14.5. The Kier molecular flexibility index (Phi) is 4.61. The molecule has 108 valence electrons. The summed E-state index contributed by atoms with van der Waals surface area (Å²) in [7, 11) is 0. The first kappa shape index (κ1) is 14.4. The number of amides is 1. The Hall–Kier alpha value is -2.04. The summed E-state index contributed by atoms with van der Waals surface area (Å²) in [6.07, 6.45) is 4.31. The van der Waals surface area contributed by atoms with Gasteiger partial charge in [0.1, 0.15) is 11.3 Å². The van der Waals surface area contributed by atoms with Gasteiger partial charge in [-0.2, -0.15) is 0 Å². The number of hydrogen-bond donors (Lipinski definition) is 2. The van der Waals surface area contributed by atoms with Crippen molar-refractivity contribution in [3.63, 3.8) is 0 Å². The molecule has 1 aromatic carbocycles. The van der Waals surface area contributed by atoms with Gasteiger partial charge in [0, 0.05) is 6.04 Å². The van der Waals surface area contributed by atoms with Crippen LogP contribution in [0.3, 0.4) is 0 Å². The van der Waals surface area contributed by atoms with Crippen molar-refractivity contribution in [2.24, 2.45) is 0 Å². The third-order valence-electron chi connectivity index (χ3n) is 3.44. The zero-order valence-corrected chi connectivity index (χ0v) is 11.5. The minimum Gasteiger partial charge on any atom is -0.483 e. The van der Waals surface area contributed by atoms with Crippen molar-refractivity contribution in [2.45, 2.75) is 38.6 Å². The number of benzene rings is 1. The molecule has 0 heterocycles. The molecule has 1 aliphatic rings. The van der Waals surface area contributed by atoms with E-state index in [2.05, 4.69) is 5.32 Å². The molecular formula is C15H19NO4. The Morgan fingerprint density at radius 3 is 2.70 bits per heavy atom. The summed E-state index contributed by atoms with van der Waals surface area (Å²) in [6, 6.07) is 5.12. The first-order valence-electron chi connectivity index (χ1n) is 6.82. The molecule has 20 heavy (non-hydrogen) atoms. The van der Waals surface area contributed by atoms with Gasteiger partial charge in [0.25, 0.3) is 5.91 Å². The summed E-state index contributed by atoms with van der Waals surface area (Å²) in [6.45, 7) is 1.66. The largest absolute Gasteiger partial charge is 0.483 e. The van der Waals surface area contributed by atoms with Crippen molar-refractivity contribution in [3.8, 4) is 5.75 Å². The lowest BCUT2D eigenvalue weighted by atomic mass is 10.1. The number of hydrogen-bond acceptors (Lipinski definition) is 3. The van der Waals surface area contributed by atoms with E-state index < -0.39 is 5.97 Å². The maximum absolute atomic E-state index is 11.7. The van der Waals surface area contributed by atoms with Gasteiger partial charge in [0.15, 0.2) is 6.61 Å². The summed E-state index contributed by atoms with van der Waals surface area (Å²) < 4.78 is 5.33. The summed E-state index contributed by atoms with van der Waals surface area (Å²) >= 11 is 0. The second-order valence-electron chi connectivity index (χ2n) is 5.14. The van der Waals surface area contributed by atoms with Gasteiger partial charge in [-0.1, -0.05) is 24.5 Å². The number of ether oxygens (including phenoxy) is 1. The van der Waals surface area contributed by atoms with Crippen LogP contribution in [0.4, 0.5) is 0 Å². The Morgan fingerprint density at radius 1 is 1.35 bits per heavy atom. The molecule has 1 amide bonds. The highest BCUT2D eigenvalue weighted by molar-refractivity contribution is 5.91. The molecule has 0 unspecified atom stereocenters. The molecule has 0 bridgehead atoms. The first-order valence-corrected chi connectivity index (χ1v) is 6.82. The molecule has 0 saturated heterocycles. The van der Waals surface area contributed by atoms with E-state index in [9.17, 15) is 9.59 Å².